The number of aromatic nitrogens is 1. The van der Waals surface area contributed by atoms with Crippen LogP contribution in [-0.4, -0.2) is 41.8 Å². The number of methoxy groups -OCH3 is 1. The number of amides is 1. The fourth-order valence-electron chi connectivity index (χ4n) is 2.76. The van der Waals surface area contributed by atoms with Crippen LogP contribution in [0.15, 0.2) is 30.5 Å². The number of benzene rings is 1. The van der Waals surface area contributed by atoms with E-state index in [1.807, 2.05) is 28.8 Å². The molecule has 0 atom stereocenters. The van der Waals surface area contributed by atoms with Crippen molar-refractivity contribution in [2.75, 3.05) is 20.3 Å². The van der Waals surface area contributed by atoms with E-state index >= 15 is 0 Å². The molecule has 1 aliphatic rings. The number of nitrogens with one attached hydrogen (secondary N) is 1. The van der Waals surface area contributed by atoms with E-state index in [1.54, 1.807) is 13.3 Å². The zero-order valence-corrected chi connectivity index (χ0v) is 13.0. The van der Waals surface area contributed by atoms with Gasteiger partial charge in [0, 0.05) is 37.3 Å². The summed E-state index contributed by atoms with van der Waals surface area (Å²) in [6, 6.07) is 7.68. The van der Waals surface area contributed by atoms with Crippen molar-refractivity contribution >= 4 is 22.8 Å². The van der Waals surface area contributed by atoms with Crippen LogP contribution >= 0.6 is 0 Å². The molecule has 6 heteroatoms. The Morgan fingerprint density at radius 3 is 2.74 bits per heavy atom. The lowest BCUT2D eigenvalue weighted by molar-refractivity contribution is -0.143. The van der Waals surface area contributed by atoms with Crippen molar-refractivity contribution in [3.63, 3.8) is 0 Å². The van der Waals surface area contributed by atoms with Gasteiger partial charge >= 0.3 is 5.97 Å². The van der Waals surface area contributed by atoms with Crippen molar-refractivity contribution in [1.82, 2.24) is 9.88 Å². The molecule has 1 aromatic heterocycles. The van der Waals surface area contributed by atoms with Gasteiger partial charge in [-0.3, -0.25) is 9.59 Å². The molecule has 1 aromatic carbocycles. The average molecular weight is 316 g/mol. The highest BCUT2D eigenvalue weighted by Crippen LogP contribution is 2.45. The first kappa shape index (κ1) is 15.6. The highest BCUT2D eigenvalue weighted by Gasteiger charge is 2.50. The van der Waals surface area contributed by atoms with Gasteiger partial charge in [-0.25, -0.2) is 0 Å². The fourth-order valence-corrected chi connectivity index (χ4v) is 2.76. The average Bonchev–Trinajstić information content (AvgIpc) is 3.27. The van der Waals surface area contributed by atoms with Crippen LogP contribution in [0.5, 0.6) is 0 Å². The lowest BCUT2D eigenvalue weighted by atomic mass is 10.1. The molecule has 122 valence electrons. The van der Waals surface area contributed by atoms with Gasteiger partial charge < -0.3 is 19.7 Å². The lowest BCUT2D eigenvalue weighted by Gasteiger charge is -2.10. The predicted octanol–water partition coefficient (Wildman–Crippen LogP) is 1.88. The molecule has 1 fully saturated rings. The Morgan fingerprint density at radius 1 is 1.35 bits per heavy atom. The highest BCUT2D eigenvalue weighted by molar-refractivity contribution is 6.07. The Kier molecular flexibility index (Phi) is 4.09. The smallest absolute Gasteiger partial charge is 0.311 e. The third-order valence-corrected chi connectivity index (χ3v) is 4.46. The van der Waals surface area contributed by atoms with E-state index in [0.29, 0.717) is 31.6 Å². The number of carboxylic acids is 1. The van der Waals surface area contributed by atoms with E-state index in [4.69, 9.17) is 4.74 Å². The molecule has 1 amide bonds. The Bertz CT molecular complexity index is 746. The van der Waals surface area contributed by atoms with Gasteiger partial charge in [-0.05, 0) is 18.9 Å². The normalized spacial score (nSPS) is 15.5. The molecule has 6 nitrogen and oxygen atoms in total. The van der Waals surface area contributed by atoms with Crippen LogP contribution in [0.2, 0.25) is 0 Å². The van der Waals surface area contributed by atoms with Gasteiger partial charge in [0.2, 0.25) is 0 Å². The Labute approximate surface area is 134 Å². The minimum absolute atomic E-state index is 0.179. The third kappa shape index (κ3) is 2.94. The molecular formula is C17H20N2O4. The summed E-state index contributed by atoms with van der Waals surface area (Å²) >= 11 is 0. The minimum Gasteiger partial charge on any atom is -0.481 e. The first-order valence-corrected chi connectivity index (χ1v) is 7.66. The summed E-state index contributed by atoms with van der Waals surface area (Å²) in [4.78, 5) is 23.7. The Hall–Kier alpha value is -2.34. The number of carbonyl (C=O) groups excluding carboxylic acids is 1. The van der Waals surface area contributed by atoms with Gasteiger partial charge in [0.15, 0.2) is 0 Å². The van der Waals surface area contributed by atoms with Crippen LogP contribution in [0.25, 0.3) is 10.9 Å². The maximum absolute atomic E-state index is 12.5. The minimum atomic E-state index is -0.833. The lowest BCUT2D eigenvalue weighted by Crippen LogP contribution is -2.34. The second kappa shape index (κ2) is 6.04. The largest absolute Gasteiger partial charge is 0.481 e. The summed E-state index contributed by atoms with van der Waals surface area (Å²) in [6.45, 7) is 1.39. The van der Waals surface area contributed by atoms with Crippen LogP contribution in [0.1, 0.15) is 23.2 Å². The van der Waals surface area contributed by atoms with Crippen LogP contribution in [0, 0.1) is 5.41 Å². The van der Waals surface area contributed by atoms with Crippen LogP contribution < -0.4 is 5.32 Å². The standard InChI is InChI=1S/C17H20N2O4/c1-23-9-8-19-10-13(12-4-2-3-5-14(12)19)15(20)18-11-17(6-7-17)16(21)22/h2-5,10H,6-9,11H2,1H3,(H,18,20)(H,21,22). The summed E-state index contributed by atoms with van der Waals surface area (Å²) in [5.41, 5.74) is 0.774. The maximum Gasteiger partial charge on any atom is 0.311 e. The molecule has 0 saturated heterocycles. The zero-order valence-electron chi connectivity index (χ0n) is 13.0. The number of rotatable bonds is 7. The summed E-state index contributed by atoms with van der Waals surface area (Å²) < 4.78 is 7.09. The van der Waals surface area contributed by atoms with Crippen molar-refractivity contribution in [1.29, 1.82) is 0 Å². The molecule has 2 N–H and O–H groups in total. The van der Waals surface area contributed by atoms with E-state index in [9.17, 15) is 14.7 Å². The number of carboxylic acid groups (broad SMARTS) is 1. The summed E-state index contributed by atoms with van der Waals surface area (Å²) in [6.07, 6.45) is 3.05. The van der Waals surface area contributed by atoms with E-state index in [0.717, 1.165) is 10.9 Å². The SMILES string of the molecule is COCCn1cc(C(=O)NCC2(C(=O)O)CC2)c2ccccc21. The monoisotopic (exact) mass is 316 g/mol. The Morgan fingerprint density at radius 2 is 2.09 bits per heavy atom. The molecule has 0 unspecified atom stereocenters. The van der Waals surface area contributed by atoms with Crippen LogP contribution in [0.4, 0.5) is 0 Å². The molecule has 0 aliphatic heterocycles. The van der Waals surface area contributed by atoms with Crippen molar-refractivity contribution in [2.45, 2.75) is 19.4 Å². The van der Waals surface area contributed by atoms with Crippen molar-refractivity contribution in [3.8, 4) is 0 Å². The number of aliphatic carboxylic acids is 1. The van der Waals surface area contributed by atoms with Crippen molar-refractivity contribution in [2.24, 2.45) is 5.41 Å². The number of carbonyl (C=O) groups is 2. The van der Waals surface area contributed by atoms with Gasteiger partial charge in [0.25, 0.3) is 5.91 Å². The maximum atomic E-state index is 12.5. The first-order valence-electron chi connectivity index (χ1n) is 7.66. The van der Waals surface area contributed by atoms with E-state index < -0.39 is 11.4 Å². The third-order valence-electron chi connectivity index (χ3n) is 4.46. The van der Waals surface area contributed by atoms with E-state index in [-0.39, 0.29) is 12.5 Å². The fraction of sp³-hybridized carbons (Fsp3) is 0.412. The summed E-state index contributed by atoms with van der Waals surface area (Å²) in [5, 5.41) is 12.8. The zero-order chi connectivity index (χ0) is 16.4. The van der Waals surface area contributed by atoms with E-state index in [1.165, 1.54) is 0 Å². The number of hydrogen-bond acceptors (Lipinski definition) is 3. The van der Waals surface area contributed by atoms with Gasteiger partial charge in [-0.1, -0.05) is 18.2 Å². The summed E-state index contributed by atoms with van der Waals surface area (Å²) in [5.74, 6) is -1.06. The van der Waals surface area contributed by atoms with Gasteiger partial charge in [0.05, 0.1) is 17.6 Å². The van der Waals surface area contributed by atoms with Crippen molar-refractivity contribution in [3.05, 3.63) is 36.0 Å². The molecule has 1 saturated carbocycles. The summed E-state index contributed by atoms with van der Waals surface area (Å²) in [7, 11) is 1.64. The first-order chi connectivity index (χ1) is 11.1. The van der Waals surface area contributed by atoms with Gasteiger partial charge in [-0.2, -0.15) is 0 Å². The number of fused-ring (bicyclic) bond motifs is 1. The van der Waals surface area contributed by atoms with Crippen LogP contribution in [0.3, 0.4) is 0 Å². The molecule has 0 spiro atoms. The molecular weight excluding hydrogens is 296 g/mol. The molecule has 23 heavy (non-hydrogen) atoms. The molecule has 1 heterocycles. The molecule has 0 bridgehead atoms. The number of para-hydroxylation sites is 1. The molecule has 2 aromatic rings. The molecule has 3 rings (SSSR count). The predicted molar refractivity (Wildman–Crippen MR) is 85.5 cm³/mol. The second-order valence-corrected chi connectivity index (χ2v) is 6.01. The molecule has 1 aliphatic carbocycles. The van der Waals surface area contributed by atoms with Crippen molar-refractivity contribution < 1.29 is 19.4 Å². The second-order valence-electron chi connectivity index (χ2n) is 6.01. The molecule has 0 radical (unpaired) electrons. The Balaban J connectivity index is 1.81. The highest BCUT2D eigenvalue weighted by atomic mass is 16.5. The number of hydrogen-bond donors (Lipinski definition) is 2. The van der Waals surface area contributed by atoms with Gasteiger partial charge in [-0.15, -0.1) is 0 Å². The number of ether oxygens (including phenoxy) is 1. The van der Waals surface area contributed by atoms with Gasteiger partial charge in [0.1, 0.15) is 0 Å². The quantitative estimate of drug-likeness (QED) is 0.817. The van der Waals surface area contributed by atoms with Crippen LogP contribution in [-0.2, 0) is 16.1 Å². The van der Waals surface area contributed by atoms with E-state index in [2.05, 4.69) is 5.32 Å². The topological polar surface area (TPSA) is 80.6 Å². The number of nitrogens with zero attached hydrogens (tertiary/aromatic N) is 1.